The summed E-state index contributed by atoms with van der Waals surface area (Å²) in [7, 11) is 0. The Kier molecular flexibility index (Phi) is 112. The van der Waals surface area contributed by atoms with Crippen LogP contribution in [0.25, 0.3) is 0 Å². The van der Waals surface area contributed by atoms with Crippen molar-refractivity contribution >= 4 is 48.9 Å². The third-order valence-electron chi connectivity index (χ3n) is 0. The van der Waals surface area contributed by atoms with E-state index < -0.39 is 0 Å². The minimum absolute atomic E-state index is 0. The van der Waals surface area contributed by atoms with Crippen LogP contribution in [0, 0.1) is 0 Å². The Balaban J connectivity index is 0. The maximum atomic E-state index is 0. The molecular formula is H4BaFeOY. The number of rotatable bonds is 0. The fourth-order valence-corrected chi connectivity index (χ4v) is 0. The first-order valence-corrected chi connectivity index (χ1v) is 0. The average Bonchev–Trinajstić information content (AvgIpc) is 0. The Morgan fingerprint density at radius 2 is 1.25 bits per heavy atom. The molecule has 4 heavy (non-hydrogen) atoms. The van der Waals surface area contributed by atoms with Gasteiger partial charge in [-0.05, 0) is 0 Å². The summed E-state index contributed by atoms with van der Waals surface area (Å²) < 4.78 is 0. The molecule has 0 rings (SSSR count). The first-order chi connectivity index (χ1) is 0. The summed E-state index contributed by atoms with van der Waals surface area (Å²) in [5, 5.41) is 0. The average molecular weight is 302 g/mol. The smallest absolute Gasteiger partial charge is 1.00 e. The zero-order chi connectivity index (χ0) is 0. The second kappa shape index (κ2) is 16.4. The molecule has 4 heteroatoms. The van der Waals surface area contributed by atoms with Crippen LogP contribution in [-0.4, -0.2) is 54.4 Å². The van der Waals surface area contributed by atoms with Crippen LogP contribution in [-0.2, 0) is 49.8 Å². The summed E-state index contributed by atoms with van der Waals surface area (Å²) in [5.74, 6) is 0. The molecule has 0 unspecified atom stereocenters. The minimum Gasteiger partial charge on any atom is -1.00 e. The molecule has 0 aliphatic heterocycles. The van der Waals surface area contributed by atoms with Gasteiger partial charge >= 0.3 is 48.9 Å². The summed E-state index contributed by atoms with van der Waals surface area (Å²) in [6, 6.07) is 0. The molecule has 0 bridgehead atoms. The summed E-state index contributed by atoms with van der Waals surface area (Å²) in [5.41, 5.74) is 0. The molecule has 23 valence electrons. The van der Waals surface area contributed by atoms with Gasteiger partial charge in [0.05, 0.1) is 0 Å². The van der Waals surface area contributed by atoms with Gasteiger partial charge in [-0.1, -0.05) is 0 Å². The van der Waals surface area contributed by atoms with Gasteiger partial charge in [-0.25, -0.2) is 0 Å². The fourth-order valence-electron chi connectivity index (χ4n) is 0. The molecular weight excluding hydrogens is 298 g/mol. The van der Waals surface area contributed by atoms with Crippen molar-refractivity contribution in [3.8, 4) is 0 Å². The van der Waals surface area contributed by atoms with Crippen molar-refractivity contribution in [2.24, 2.45) is 0 Å². The van der Waals surface area contributed by atoms with Gasteiger partial charge in [-0.3, -0.25) is 0 Å². The topological polar surface area (TPSA) is 31.5 Å². The molecule has 0 amide bonds. The monoisotopic (exact) mass is 303 g/mol. The summed E-state index contributed by atoms with van der Waals surface area (Å²) in [6.45, 7) is 0. The van der Waals surface area contributed by atoms with Crippen LogP contribution in [0.3, 0.4) is 0 Å². The van der Waals surface area contributed by atoms with Gasteiger partial charge in [-0.15, -0.1) is 0 Å². The van der Waals surface area contributed by atoms with E-state index in [2.05, 4.69) is 0 Å². The van der Waals surface area contributed by atoms with Crippen LogP contribution in [0.1, 0.15) is 2.85 Å². The van der Waals surface area contributed by atoms with Gasteiger partial charge in [0, 0.05) is 49.8 Å². The third-order valence-corrected chi connectivity index (χ3v) is 0. The van der Waals surface area contributed by atoms with Crippen molar-refractivity contribution in [1.29, 1.82) is 0 Å². The first kappa shape index (κ1) is 27.2. The van der Waals surface area contributed by atoms with Crippen molar-refractivity contribution in [2.75, 3.05) is 0 Å². The molecule has 0 aliphatic rings. The summed E-state index contributed by atoms with van der Waals surface area (Å²) >= 11 is 0. The van der Waals surface area contributed by atoms with Crippen molar-refractivity contribution in [3.05, 3.63) is 0 Å². The standard InChI is InChI=1S/Ba.Fe.H2O.Y.2H/h;;1H2;;;/q+2;;;;2*-1. The molecule has 0 fully saturated rings. The summed E-state index contributed by atoms with van der Waals surface area (Å²) in [4.78, 5) is 0. The predicted octanol–water partition coefficient (Wildman–Crippen LogP) is -0.986. The SMILES string of the molecule is O.[Ba+2].[Fe].[H-].[H-].[Y]. The largest absolute Gasteiger partial charge is 2.00 e. The minimum atomic E-state index is 0. The number of hydrogen-bond acceptors (Lipinski definition) is 0. The van der Waals surface area contributed by atoms with Crippen molar-refractivity contribution < 1.29 is 58.1 Å². The van der Waals surface area contributed by atoms with Crippen LogP contribution in [0.2, 0.25) is 0 Å². The van der Waals surface area contributed by atoms with Crippen molar-refractivity contribution in [3.63, 3.8) is 0 Å². The molecule has 1 nitrogen and oxygen atoms in total. The normalized spacial score (nSPS) is 0. The third kappa shape index (κ3) is 8.94. The molecule has 0 aromatic heterocycles. The van der Waals surface area contributed by atoms with Crippen LogP contribution in [0.4, 0.5) is 0 Å². The van der Waals surface area contributed by atoms with E-state index in [0.717, 1.165) is 0 Å². The predicted molar refractivity (Wildman–Crippen MR) is 11.6 cm³/mol. The van der Waals surface area contributed by atoms with Gasteiger partial charge < -0.3 is 8.33 Å². The van der Waals surface area contributed by atoms with Gasteiger partial charge in [0.2, 0.25) is 0 Å². The molecule has 0 spiro atoms. The zero-order valence-electron chi connectivity index (χ0n) is 4.14. The Bertz CT molecular complexity index is 13.5. The molecule has 0 aromatic carbocycles. The number of hydrogen-bond donors (Lipinski definition) is 0. The molecule has 0 heterocycles. The maximum Gasteiger partial charge on any atom is 2.00 e. The Labute approximate surface area is 104 Å². The Morgan fingerprint density at radius 3 is 1.25 bits per heavy atom. The molecule has 0 saturated carbocycles. The van der Waals surface area contributed by atoms with E-state index in [1.165, 1.54) is 0 Å². The van der Waals surface area contributed by atoms with E-state index >= 15 is 0 Å². The molecule has 0 saturated heterocycles. The fraction of sp³-hybridized carbons (Fsp3) is 0. The molecule has 0 aliphatic carbocycles. The van der Waals surface area contributed by atoms with Crippen LogP contribution < -0.4 is 0 Å². The van der Waals surface area contributed by atoms with Crippen molar-refractivity contribution in [1.82, 2.24) is 0 Å². The molecule has 1 radical (unpaired) electrons. The first-order valence-electron chi connectivity index (χ1n) is 0. The van der Waals surface area contributed by atoms with Crippen LogP contribution >= 0.6 is 0 Å². The second-order valence-corrected chi connectivity index (χ2v) is 0. The van der Waals surface area contributed by atoms with E-state index in [1.807, 2.05) is 0 Å². The van der Waals surface area contributed by atoms with Crippen molar-refractivity contribution in [2.45, 2.75) is 0 Å². The molecule has 0 atom stereocenters. The maximum absolute atomic E-state index is 0. The Morgan fingerprint density at radius 1 is 1.25 bits per heavy atom. The van der Waals surface area contributed by atoms with Crippen LogP contribution in [0.5, 0.6) is 0 Å². The van der Waals surface area contributed by atoms with Gasteiger partial charge in [0.25, 0.3) is 0 Å². The van der Waals surface area contributed by atoms with Crippen LogP contribution in [0.15, 0.2) is 0 Å². The van der Waals surface area contributed by atoms with E-state index in [-0.39, 0.29) is 107 Å². The van der Waals surface area contributed by atoms with E-state index in [4.69, 9.17) is 0 Å². The molecule has 0 aromatic rings. The van der Waals surface area contributed by atoms with Gasteiger partial charge in [0.15, 0.2) is 0 Å². The quantitative estimate of drug-likeness (QED) is 0.515. The zero-order valence-corrected chi connectivity index (χ0v) is 10.5. The van der Waals surface area contributed by atoms with E-state index in [9.17, 15) is 0 Å². The summed E-state index contributed by atoms with van der Waals surface area (Å²) in [6.07, 6.45) is 0. The van der Waals surface area contributed by atoms with Gasteiger partial charge in [0.1, 0.15) is 0 Å². The molecule has 2 N–H and O–H groups in total. The van der Waals surface area contributed by atoms with E-state index in [0.29, 0.717) is 0 Å². The van der Waals surface area contributed by atoms with E-state index in [1.54, 1.807) is 0 Å². The van der Waals surface area contributed by atoms with Gasteiger partial charge in [-0.2, -0.15) is 0 Å². The Hall–Kier alpha value is 3.15. The second-order valence-electron chi connectivity index (χ2n) is 0.